The molecule has 0 atom stereocenters. The largest absolute Gasteiger partial charge is 0.408 e. The van der Waals surface area contributed by atoms with E-state index in [0.29, 0.717) is 24.1 Å². The summed E-state index contributed by atoms with van der Waals surface area (Å²) < 4.78 is 36.3. The second-order valence-electron chi connectivity index (χ2n) is 4.82. The standard InChI is InChI=1S/C12H17F3N10S/c13-12(14,15)6-20-9(16)22-7-1-2-18-8(21-7)5-26-4-3-19-11-23-10(17)24-25-11/h1-2H,3-6H2,(H3,16,18,20,21,22)(H4,17,19,23,24,25). The summed E-state index contributed by atoms with van der Waals surface area (Å²) in [4.78, 5) is 15.4. The van der Waals surface area contributed by atoms with Gasteiger partial charge in [-0.2, -0.15) is 29.9 Å². The number of rotatable bonds is 8. The van der Waals surface area contributed by atoms with Gasteiger partial charge in [0.25, 0.3) is 0 Å². The summed E-state index contributed by atoms with van der Waals surface area (Å²) >= 11 is 1.55. The highest BCUT2D eigenvalue weighted by molar-refractivity contribution is 7.98. The van der Waals surface area contributed by atoms with Crippen molar-refractivity contribution in [3.05, 3.63) is 18.1 Å². The number of aromatic nitrogens is 5. The highest BCUT2D eigenvalue weighted by Gasteiger charge is 2.26. The van der Waals surface area contributed by atoms with Crippen molar-refractivity contribution in [2.24, 2.45) is 10.7 Å². The van der Waals surface area contributed by atoms with E-state index in [1.54, 1.807) is 11.8 Å². The summed E-state index contributed by atoms with van der Waals surface area (Å²) in [7, 11) is 0. The fourth-order valence-corrected chi connectivity index (χ4v) is 2.36. The van der Waals surface area contributed by atoms with E-state index >= 15 is 0 Å². The molecule has 0 radical (unpaired) electrons. The summed E-state index contributed by atoms with van der Waals surface area (Å²) in [6.45, 7) is -0.738. The molecule has 0 unspecified atom stereocenters. The van der Waals surface area contributed by atoms with Crippen LogP contribution in [0, 0.1) is 0 Å². The molecule has 7 N–H and O–H groups in total. The zero-order chi connectivity index (χ0) is 19.0. The third kappa shape index (κ3) is 7.42. The summed E-state index contributed by atoms with van der Waals surface area (Å²) in [6.07, 6.45) is -2.93. The Morgan fingerprint density at radius 1 is 1.35 bits per heavy atom. The minimum absolute atomic E-state index is 0.163. The van der Waals surface area contributed by atoms with Gasteiger partial charge in [-0.15, -0.1) is 5.10 Å². The summed E-state index contributed by atoms with van der Waals surface area (Å²) in [5.74, 6) is 2.30. The van der Waals surface area contributed by atoms with Crippen LogP contribution in [0.1, 0.15) is 5.82 Å². The quantitative estimate of drug-likeness (QED) is 0.250. The number of hydrogen-bond acceptors (Lipinski definition) is 8. The van der Waals surface area contributed by atoms with E-state index in [9.17, 15) is 13.2 Å². The van der Waals surface area contributed by atoms with Gasteiger partial charge in [-0.3, -0.25) is 0 Å². The first-order valence-electron chi connectivity index (χ1n) is 7.27. The van der Waals surface area contributed by atoms with Gasteiger partial charge in [0.2, 0.25) is 11.9 Å². The van der Waals surface area contributed by atoms with E-state index in [-0.39, 0.29) is 17.7 Å². The Bertz CT molecular complexity index is 732. The van der Waals surface area contributed by atoms with E-state index in [2.05, 4.69) is 40.8 Å². The lowest BCUT2D eigenvalue weighted by molar-refractivity contribution is -0.118. The average Bonchev–Trinajstić information content (AvgIpc) is 2.98. The first-order chi connectivity index (χ1) is 12.3. The topological polar surface area (TPSA) is 156 Å². The van der Waals surface area contributed by atoms with Crippen LogP contribution in [-0.2, 0) is 5.75 Å². The maximum Gasteiger partial charge on any atom is 0.408 e. The van der Waals surface area contributed by atoms with E-state index < -0.39 is 12.7 Å². The van der Waals surface area contributed by atoms with Crippen LogP contribution in [0.15, 0.2) is 17.3 Å². The fourth-order valence-electron chi connectivity index (χ4n) is 1.64. The van der Waals surface area contributed by atoms with Gasteiger partial charge >= 0.3 is 6.18 Å². The zero-order valence-electron chi connectivity index (χ0n) is 13.4. The van der Waals surface area contributed by atoms with Crippen LogP contribution >= 0.6 is 11.8 Å². The number of hydrogen-bond donors (Lipinski definition) is 5. The predicted octanol–water partition coefficient (Wildman–Crippen LogP) is 0.811. The molecule has 26 heavy (non-hydrogen) atoms. The van der Waals surface area contributed by atoms with Gasteiger partial charge < -0.3 is 22.1 Å². The van der Waals surface area contributed by atoms with Crippen molar-refractivity contribution >= 4 is 35.4 Å². The summed E-state index contributed by atoms with van der Waals surface area (Å²) in [5.41, 5.74) is 10.8. The molecule has 0 fully saturated rings. The summed E-state index contributed by atoms with van der Waals surface area (Å²) in [6, 6.07) is 1.49. The Hall–Kier alpha value is -2.77. The van der Waals surface area contributed by atoms with Gasteiger partial charge in [0.05, 0.1) is 5.75 Å². The van der Waals surface area contributed by atoms with Crippen LogP contribution in [-0.4, -0.2) is 56.1 Å². The SMILES string of the molecule is NC(=NCC(F)(F)F)Nc1ccnc(CSCCNc2nc(N)n[nH]2)n1. The van der Waals surface area contributed by atoms with Gasteiger partial charge in [0.1, 0.15) is 18.2 Å². The zero-order valence-corrected chi connectivity index (χ0v) is 14.2. The Kier molecular flexibility index (Phi) is 6.82. The van der Waals surface area contributed by atoms with E-state index in [0.717, 1.165) is 5.75 Å². The molecule has 2 aromatic heterocycles. The van der Waals surface area contributed by atoms with E-state index in [4.69, 9.17) is 11.5 Å². The van der Waals surface area contributed by atoms with Gasteiger partial charge in [0.15, 0.2) is 5.96 Å². The first kappa shape index (κ1) is 19.6. The Balaban J connectivity index is 1.74. The number of nitrogens with zero attached hydrogens (tertiary/aromatic N) is 5. The number of nitrogens with one attached hydrogen (secondary N) is 3. The molecule has 0 bridgehead atoms. The molecule has 0 aliphatic heterocycles. The van der Waals surface area contributed by atoms with Crippen LogP contribution in [0.4, 0.5) is 30.9 Å². The molecule has 0 saturated carbocycles. The number of halogens is 3. The summed E-state index contributed by atoms with van der Waals surface area (Å²) in [5, 5.41) is 11.8. The molecule has 2 heterocycles. The number of H-pyrrole nitrogens is 1. The predicted molar refractivity (Wildman–Crippen MR) is 93.6 cm³/mol. The van der Waals surface area contributed by atoms with Crippen LogP contribution in [0.3, 0.4) is 0 Å². The first-order valence-corrected chi connectivity index (χ1v) is 8.42. The smallest absolute Gasteiger partial charge is 0.370 e. The van der Waals surface area contributed by atoms with Gasteiger partial charge in [-0.05, 0) is 6.07 Å². The van der Waals surface area contributed by atoms with Crippen molar-refractivity contribution in [3.63, 3.8) is 0 Å². The van der Waals surface area contributed by atoms with Gasteiger partial charge in [-0.1, -0.05) is 0 Å². The molecule has 0 aliphatic carbocycles. The molecular weight excluding hydrogens is 373 g/mol. The Morgan fingerprint density at radius 2 is 2.15 bits per heavy atom. The number of aliphatic imine (C=N–C) groups is 1. The van der Waals surface area contributed by atoms with Crippen molar-refractivity contribution in [3.8, 4) is 0 Å². The number of nitrogens with two attached hydrogens (primary N) is 2. The van der Waals surface area contributed by atoms with E-state index in [1.807, 2.05) is 0 Å². The number of guanidine groups is 1. The monoisotopic (exact) mass is 390 g/mol. The van der Waals surface area contributed by atoms with Crippen LogP contribution in [0.25, 0.3) is 0 Å². The number of alkyl halides is 3. The van der Waals surface area contributed by atoms with Crippen molar-refractivity contribution in [1.82, 2.24) is 25.1 Å². The second-order valence-corrected chi connectivity index (χ2v) is 5.93. The third-order valence-electron chi connectivity index (χ3n) is 2.66. The van der Waals surface area contributed by atoms with E-state index in [1.165, 1.54) is 12.3 Å². The number of thioether (sulfide) groups is 1. The molecule has 0 saturated heterocycles. The number of aromatic amines is 1. The van der Waals surface area contributed by atoms with Crippen LogP contribution in [0.2, 0.25) is 0 Å². The number of nitrogen functional groups attached to an aromatic ring is 1. The number of anilines is 3. The van der Waals surface area contributed by atoms with Crippen LogP contribution in [0.5, 0.6) is 0 Å². The van der Waals surface area contributed by atoms with Crippen molar-refractivity contribution in [2.45, 2.75) is 11.9 Å². The maximum atomic E-state index is 12.1. The second kappa shape index (κ2) is 9.07. The minimum Gasteiger partial charge on any atom is -0.370 e. The third-order valence-corrected chi connectivity index (χ3v) is 3.62. The normalized spacial score (nSPS) is 12.2. The molecule has 0 aromatic carbocycles. The highest BCUT2D eigenvalue weighted by Crippen LogP contribution is 2.14. The molecule has 0 aliphatic rings. The lowest BCUT2D eigenvalue weighted by Gasteiger charge is -2.07. The molecule has 2 rings (SSSR count). The van der Waals surface area contributed by atoms with Crippen molar-refractivity contribution < 1.29 is 13.2 Å². The Morgan fingerprint density at radius 3 is 2.85 bits per heavy atom. The van der Waals surface area contributed by atoms with Gasteiger partial charge in [0, 0.05) is 18.5 Å². The highest BCUT2D eigenvalue weighted by atomic mass is 32.2. The minimum atomic E-state index is -4.41. The molecular formula is C12H17F3N10S. The fraction of sp³-hybridized carbons (Fsp3) is 0.417. The molecule has 0 spiro atoms. The molecule has 10 nitrogen and oxygen atoms in total. The van der Waals surface area contributed by atoms with Crippen molar-refractivity contribution in [2.75, 3.05) is 35.2 Å². The molecule has 142 valence electrons. The maximum absolute atomic E-state index is 12.1. The molecule has 14 heteroatoms. The van der Waals surface area contributed by atoms with Crippen LogP contribution < -0.4 is 22.1 Å². The molecule has 0 amide bonds. The lowest BCUT2D eigenvalue weighted by atomic mass is 10.5. The average molecular weight is 390 g/mol. The van der Waals surface area contributed by atoms with Gasteiger partial charge in [-0.25, -0.2) is 20.1 Å². The van der Waals surface area contributed by atoms with Crippen molar-refractivity contribution in [1.29, 1.82) is 0 Å². The molecule has 2 aromatic rings. The lowest BCUT2D eigenvalue weighted by Crippen LogP contribution is -2.26. The Labute approximate surface area is 150 Å².